The van der Waals surface area contributed by atoms with Gasteiger partial charge in [-0.3, -0.25) is 4.79 Å². The maximum atomic E-state index is 12.1. The molecule has 0 aliphatic carbocycles. The number of methoxy groups -OCH3 is 2. The summed E-state index contributed by atoms with van der Waals surface area (Å²) in [5, 5.41) is 2.22. The van der Waals surface area contributed by atoms with Gasteiger partial charge < -0.3 is 20.1 Å². The molecule has 0 radical (unpaired) electrons. The Morgan fingerprint density at radius 1 is 1.18 bits per heavy atom. The molecular formula is C17H22N2O3. The van der Waals surface area contributed by atoms with Crippen LogP contribution in [0.25, 0.3) is 10.8 Å². The van der Waals surface area contributed by atoms with Gasteiger partial charge in [0.05, 0.1) is 13.7 Å². The van der Waals surface area contributed by atoms with E-state index in [0.29, 0.717) is 6.54 Å². The Labute approximate surface area is 130 Å². The highest BCUT2D eigenvalue weighted by Crippen LogP contribution is 2.22. The fourth-order valence-corrected chi connectivity index (χ4v) is 2.38. The zero-order chi connectivity index (χ0) is 16.1. The average molecular weight is 302 g/mol. The third-order valence-electron chi connectivity index (χ3n) is 3.57. The van der Waals surface area contributed by atoms with Gasteiger partial charge in [0, 0.05) is 20.7 Å². The van der Waals surface area contributed by atoms with Crippen molar-refractivity contribution in [2.45, 2.75) is 12.6 Å². The van der Waals surface area contributed by atoms with Crippen molar-refractivity contribution in [2.75, 3.05) is 27.9 Å². The summed E-state index contributed by atoms with van der Waals surface area (Å²) in [7, 11) is 4.93. The highest BCUT2D eigenvalue weighted by Gasteiger charge is 2.17. The number of ether oxygens (including phenoxy) is 2. The lowest BCUT2D eigenvalue weighted by atomic mass is 10.1. The van der Waals surface area contributed by atoms with E-state index < -0.39 is 6.04 Å². The molecule has 0 saturated carbocycles. The first-order valence-corrected chi connectivity index (χ1v) is 7.11. The first-order valence-electron chi connectivity index (χ1n) is 7.11. The number of hydrogen-bond donors (Lipinski definition) is 1. The molecule has 0 aromatic heterocycles. The Bertz CT molecular complexity index is 657. The van der Waals surface area contributed by atoms with Gasteiger partial charge in [-0.25, -0.2) is 0 Å². The summed E-state index contributed by atoms with van der Waals surface area (Å²) in [4.78, 5) is 13.7. The van der Waals surface area contributed by atoms with Crippen molar-refractivity contribution in [1.29, 1.82) is 0 Å². The summed E-state index contributed by atoms with van der Waals surface area (Å²) in [5.41, 5.74) is 6.83. The van der Waals surface area contributed by atoms with E-state index in [2.05, 4.69) is 6.07 Å². The molecule has 5 nitrogen and oxygen atoms in total. The second-order valence-corrected chi connectivity index (χ2v) is 5.30. The predicted octanol–water partition coefficient (Wildman–Crippen LogP) is 1.78. The summed E-state index contributed by atoms with van der Waals surface area (Å²) in [6.07, 6.45) is 0. The number of carbonyl (C=O) groups excluding carboxylic acids is 1. The minimum Gasteiger partial charge on any atom is -0.497 e. The lowest BCUT2D eigenvalue weighted by Crippen LogP contribution is -2.44. The lowest BCUT2D eigenvalue weighted by molar-refractivity contribution is -0.132. The molecule has 2 aromatic carbocycles. The fourth-order valence-electron chi connectivity index (χ4n) is 2.38. The van der Waals surface area contributed by atoms with E-state index in [4.69, 9.17) is 15.2 Å². The second kappa shape index (κ2) is 7.24. The van der Waals surface area contributed by atoms with Crippen molar-refractivity contribution in [1.82, 2.24) is 4.90 Å². The van der Waals surface area contributed by atoms with E-state index in [0.717, 1.165) is 22.1 Å². The molecule has 1 unspecified atom stereocenters. The molecule has 0 aliphatic rings. The van der Waals surface area contributed by atoms with Gasteiger partial charge in [0.2, 0.25) is 5.91 Å². The molecule has 0 bridgehead atoms. The first kappa shape index (κ1) is 16.3. The van der Waals surface area contributed by atoms with Crippen molar-refractivity contribution < 1.29 is 14.3 Å². The number of nitrogens with zero attached hydrogens (tertiary/aromatic N) is 1. The molecule has 0 fully saturated rings. The van der Waals surface area contributed by atoms with Crippen LogP contribution in [0.1, 0.15) is 5.56 Å². The smallest absolute Gasteiger partial charge is 0.241 e. The molecule has 1 atom stereocenters. The Kier molecular flexibility index (Phi) is 5.35. The summed E-state index contributed by atoms with van der Waals surface area (Å²) in [6.45, 7) is 0.735. The number of fused-ring (bicyclic) bond motifs is 1. The van der Waals surface area contributed by atoms with Gasteiger partial charge in [0.1, 0.15) is 11.8 Å². The molecule has 0 heterocycles. The van der Waals surface area contributed by atoms with Crippen LogP contribution in [0, 0.1) is 0 Å². The van der Waals surface area contributed by atoms with Gasteiger partial charge in [-0.1, -0.05) is 18.2 Å². The number of hydrogen-bond acceptors (Lipinski definition) is 4. The molecule has 22 heavy (non-hydrogen) atoms. The van der Waals surface area contributed by atoms with Crippen LogP contribution >= 0.6 is 0 Å². The van der Waals surface area contributed by atoms with E-state index in [9.17, 15) is 4.79 Å². The molecular weight excluding hydrogens is 280 g/mol. The van der Waals surface area contributed by atoms with E-state index in [-0.39, 0.29) is 12.5 Å². The Morgan fingerprint density at radius 3 is 2.55 bits per heavy atom. The van der Waals surface area contributed by atoms with E-state index >= 15 is 0 Å². The maximum Gasteiger partial charge on any atom is 0.241 e. The fraction of sp³-hybridized carbons (Fsp3) is 0.353. The van der Waals surface area contributed by atoms with Gasteiger partial charge in [0.25, 0.3) is 0 Å². The lowest BCUT2D eigenvalue weighted by Gasteiger charge is -2.21. The van der Waals surface area contributed by atoms with Crippen molar-refractivity contribution in [3.05, 3.63) is 42.0 Å². The monoisotopic (exact) mass is 302 g/mol. The van der Waals surface area contributed by atoms with Crippen LogP contribution in [-0.2, 0) is 16.1 Å². The number of carbonyl (C=O) groups is 1. The zero-order valence-electron chi connectivity index (χ0n) is 13.2. The second-order valence-electron chi connectivity index (χ2n) is 5.30. The number of nitrogens with two attached hydrogens (primary N) is 1. The molecule has 2 aromatic rings. The summed E-state index contributed by atoms with van der Waals surface area (Å²) in [5.74, 6) is 0.703. The van der Waals surface area contributed by atoms with Crippen LogP contribution in [0.2, 0.25) is 0 Å². The van der Waals surface area contributed by atoms with Crippen molar-refractivity contribution in [3.63, 3.8) is 0 Å². The van der Waals surface area contributed by atoms with Crippen molar-refractivity contribution >= 4 is 16.7 Å². The number of likely N-dealkylation sites (N-methyl/N-ethyl adjacent to an activating group) is 1. The normalized spacial score (nSPS) is 12.2. The molecule has 0 saturated heterocycles. The zero-order valence-corrected chi connectivity index (χ0v) is 13.2. The van der Waals surface area contributed by atoms with Crippen molar-refractivity contribution in [2.24, 2.45) is 5.73 Å². The highest BCUT2D eigenvalue weighted by atomic mass is 16.5. The quantitative estimate of drug-likeness (QED) is 0.883. The van der Waals surface area contributed by atoms with Crippen molar-refractivity contribution in [3.8, 4) is 5.75 Å². The Hall–Kier alpha value is -2.11. The standard InChI is InChI=1S/C17H22N2O3/c1-19(17(20)16(18)11-21-2)10-12-4-5-14-9-15(22-3)7-6-13(14)8-12/h4-9,16H,10-11,18H2,1-3H3. The minimum atomic E-state index is -0.625. The number of benzene rings is 2. The topological polar surface area (TPSA) is 64.8 Å². The minimum absolute atomic E-state index is 0.128. The van der Waals surface area contributed by atoms with Gasteiger partial charge in [-0.05, 0) is 34.5 Å². The SMILES string of the molecule is COCC(N)C(=O)N(C)Cc1ccc2cc(OC)ccc2c1. The summed E-state index contributed by atoms with van der Waals surface area (Å²) in [6, 6.07) is 11.4. The van der Waals surface area contributed by atoms with Gasteiger partial charge in [0.15, 0.2) is 0 Å². The molecule has 2 rings (SSSR count). The first-order chi connectivity index (χ1) is 10.5. The van der Waals surface area contributed by atoms with E-state index in [1.54, 1.807) is 19.1 Å². The Morgan fingerprint density at radius 2 is 1.86 bits per heavy atom. The number of rotatable bonds is 6. The van der Waals surface area contributed by atoms with E-state index in [1.165, 1.54) is 7.11 Å². The van der Waals surface area contributed by atoms with Crippen LogP contribution in [0.3, 0.4) is 0 Å². The third kappa shape index (κ3) is 3.75. The molecule has 118 valence electrons. The molecule has 0 spiro atoms. The average Bonchev–Trinajstić information content (AvgIpc) is 2.53. The highest BCUT2D eigenvalue weighted by molar-refractivity contribution is 5.85. The maximum absolute atomic E-state index is 12.1. The van der Waals surface area contributed by atoms with Crippen LogP contribution in [-0.4, -0.2) is 44.7 Å². The summed E-state index contributed by atoms with van der Waals surface area (Å²) < 4.78 is 10.1. The summed E-state index contributed by atoms with van der Waals surface area (Å²) >= 11 is 0. The van der Waals surface area contributed by atoms with Gasteiger partial charge in [-0.2, -0.15) is 0 Å². The van der Waals surface area contributed by atoms with Gasteiger partial charge >= 0.3 is 0 Å². The molecule has 1 amide bonds. The van der Waals surface area contributed by atoms with E-state index in [1.807, 2.05) is 30.3 Å². The van der Waals surface area contributed by atoms with Crippen LogP contribution in [0.4, 0.5) is 0 Å². The third-order valence-corrected chi connectivity index (χ3v) is 3.57. The molecule has 0 aliphatic heterocycles. The predicted molar refractivity (Wildman–Crippen MR) is 86.8 cm³/mol. The van der Waals surface area contributed by atoms with Crippen LogP contribution in [0.15, 0.2) is 36.4 Å². The van der Waals surface area contributed by atoms with Crippen LogP contribution in [0.5, 0.6) is 5.75 Å². The van der Waals surface area contributed by atoms with Gasteiger partial charge in [-0.15, -0.1) is 0 Å². The largest absolute Gasteiger partial charge is 0.497 e. The molecule has 5 heteroatoms. The van der Waals surface area contributed by atoms with Crippen LogP contribution < -0.4 is 10.5 Å². The Balaban J connectivity index is 2.12. The number of amides is 1. The molecule has 2 N–H and O–H groups in total.